The summed E-state index contributed by atoms with van der Waals surface area (Å²) >= 11 is 0. The van der Waals surface area contributed by atoms with Crippen molar-refractivity contribution < 1.29 is 14.6 Å². The predicted octanol–water partition coefficient (Wildman–Crippen LogP) is 0.483. The highest BCUT2D eigenvalue weighted by Gasteiger charge is 2.23. The van der Waals surface area contributed by atoms with Gasteiger partial charge in [0, 0.05) is 25.8 Å². The number of hydrogen-bond acceptors (Lipinski definition) is 3. The molecule has 1 unspecified atom stereocenters. The summed E-state index contributed by atoms with van der Waals surface area (Å²) in [5, 5.41) is 14.4. The van der Waals surface area contributed by atoms with Crippen LogP contribution in [0.25, 0.3) is 0 Å². The lowest BCUT2D eigenvalue weighted by Gasteiger charge is -2.28. The molecule has 0 rings (SSSR count). The lowest BCUT2D eigenvalue weighted by atomic mass is 9.95. The third-order valence-corrected chi connectivity index (χ3v) is 2.45. The summed E-state index contributed by atoms with van der Waals surface area (Å²) in [5.41, 5.74) is -0.341. The fourth-order valence-electron chi connectivity index (χ4n) is 1.16. The Hall–Kier alpha value is -0.810. The number of hydrogen-bond donors (Lipinski definition) is 3. The second kappa shape index (κ2) is 7.48. The van der Waals surface area contributed by atoms with Crippen LogP contribution in [0.15, 0.2) is 0 Å². The number of methoxy groups -OCH3 is 1. The summed E-state index contributed by atoms with van der Waals surface area (Å²) in [5.74, 6) is 0. The summed E-state index contributed by atoms with van der Waals surface area (Å²) in [6, 6.07) is -0.218. The van der Waals surface area contributed by atoms with Crippen LogP contribution >= 0.6 is 0 Å². The number of aliphatic hydroxyl groups excluding tert-OH is 1. The van der Waals surface area contributed by atoms with Gasteiger partial charge in [0.15, 0.2) is 0 Å². The van der Waals surface area contributed by atoms with E-state index < -0.39 is 0 Å². The number of urea groups is 1. The molecule has 3 N–H and O–H groups in total. The Morgan fingerprint density at radius 2 is 2.20 bits per heavy atom. The fourth-order valence-corrected chi connectivity index (χ4v) is 1.16. The zero-order chi connectivity index (χ0) is 11.7. The van der Waals surface area contributed by atoms with Crippen LogP contribution in [0.3, 0.4) is 0 Å². The van der Waals surface area contributed by atoms with E-state index in [0.29, 0.717) is 19.6 Å². The zero-order valence-corrected chi connectivity index (χ0v) is 9.80. The molecule has 5 heteroatoms. The SMILES string of the molecule is CCC(C)(CCO)NC(=O)NCCOC. The number of ether oxygens (including phenoxy) is 1. The van der Waals surface area contributed by atoms with Crippen molar-refractivity contribution in [2.24, 2.45) is 0 Å². The number of rotatable bonds is 7. The summed E-state index contributed by atoms with van der Waals surface area (Å²) in [6.07, 6.45) is 1.34. The lowest BCUT2D eigenvalue weighted by Crippen LogP contribution is -2.50. The van der Waals surface area contributed by atoms with E-state index in [9.17, 15) is 4.79 Å². The maximum atomic E-state index is 11.4. The molecule has 0 aromatic rings. The quantitative estimate of drug-likeness (QED) is 0.544. The summed E-state index contributed by atoms with van der Waals surface area (Å²) in [6.45, 7) is 4.95. The van der Waals surface area contributed by atoms with Crippen molar-refractivity contribution in [3.63, 3.8) is 0 Å². The first-order chi connectivity index (χ1) is 7.08. The highest BCUT2D eigenvalue weighted by atomic mass is 16.5. The molecule has 0 saturated carbocycles. The standard InChI is InChI=1S/C10H22N2O3/c1-4-10(2,5-7-13)12-9(14)11-6-8-15-3/h13H,4-8H2,1-3H3,(H2,11,12,14). The minimum atomic E-state index is -0.341. The molecular weight excluding hydrogens is 196 g/mol. The molecule has 0 spiro atoms. The van der Waals surface area contributed by atoms with E-state index in [-0.39, 0.29) is 18.2 Å². The number of amides is 2. The van der Waals surface area contributed by atoms with Crippen LogP contribution < -0.4 is 10.6 Å². The van der Waals surface area contributed by atoms with Crippen molar-refractivity contribution in [3.05, 3.63) is 0 Å². The first-order valence-corrected chi connectivity index (χ1v) is 5.24. The Kier molecular flexibility index (Phi) is 7.07. The molecule has 1 atom stereocenters. The van der Waals surface area contributed by atoms with Crippen LogP contribution in [0.5, 0.6) is 0 Å². The maximum absolute atomic E-state index is 11.4. The molecule has 0 aliphatic heterocycles. The van der Waals surface area contributed by atoms with Crippen LogP contribution in [-0.2, 0) is 4.74 Å². The van der Waals surface area contributed by atoms with E-state index >= 15 is 0 Å². The predicted molar refractivity (Wildman–Crippen MR) is 58.8 cm³/mol. The highest BCUT2D eigenvalue weighted by Crippen LogP contribution is 2.13. The molecule has 0 aliphatic carbocycles. The van der Waals surface area contributed by atoms with E-state index in [4.69, 9.17) is 9.84 Å². The smallest absolute Gasteiger partial charge is 0.315 e. The average Bonchev–Trinajstić information content (AvgIpc) is 2.18. The van der Waals surface area contributed by atoms with Crippen LogP contribution in [0.4, 0.5) is 4.79 Å². The Labute approximate surface area is 91.2 Å². The fraction of sp³-hybridized carbons (Fsp3) is 0.900. The van der Waals surface area contributed by atoms with Gasteiger partial charge in [-0.3, -0.25) is 0 Å². The number of aliphatic hydroxyl groups is 1. The number of carbonyl (C=O) groups excluding carboxylic acids is 1. The molecule has 0 aliphatic rings. The molecular formula is C10H22N2O3. The van der Waals surface area contributed by atoms with Crippen molar-refractivity contribution in [1.29, 1.82) is 0 Å². The van der Waals surface area contributed by atoms with Crippen LogP contribution in [0.2, 0.25) is 0 Å². The first-order valence-electron chi connectivity index (χ1n) is 5.24. The Balaban J connectivity index is 3.90. The molecule has 0 aromatic carbocycles. The molecule has 0 bridgehead atoms. The summed E-state index contributed by atoms with van der Waals surface area (Å²) in [7, 11) is 1.58. The molecule has 0 radical (unpaired) electrons. The van der Waals surface area contributed by atoms with Gasteiger partial charge in [0.25, 0.3) is 0 Å². The molecule has 0 heterocycles. The van der Waals surface area contributed by atoms with Gasteiger partial charge in [-0.15, -0.1) is 0 Å². The van der Waals surface area contributed by atoms with Crippen LogP contribution in [0, 0.1) is 0 Å². The van der Waals surface area contributed by atoms with Gasteiger partial charge in [-0.2, -0.15) is 0 Å². The lowest BCUT2D eigenvalue weighted by molar-refractivity contribution is 0.186. The third kappa shape index (κ3) is 6.30. The van der Waals surface area contributed by atoms with E-state index in [1.807, 2.05) is 13.8 Å². The Bertz CT molecular complexity index is 188. The normalized spacial score (nSPS) is 14.4. The van der Waals surface area contributed by atoms with Gasteiger partial charge < -0.3 is 20.5 Å². The molecule has 0 saturated heterocycles. The van der Waals surface area contributed by atoms with Crippen molar-refractivity contribution in [2.75, 3.05) is 26.9 Å². The van der Waals surface area contributed by atoms with Gasteiger partial charge in [-0.05, 0) is 19.8 Å². The van der Waals surface area contributed by atoms with Gasteiger partial charge >= 0.3 is 6.03 Å². The van der Waals surface area contributed by atoms with Crippen molar-refractivity contribution in [3.8, 4) is 0 Å². The van der Waals surface area contributed by atoms with E-state index in [0.717, 1.165) is 6.42 Å². The molecule has 0 aromatic heterocycles. The molecule has 0 fully saturated rings. The highest BCUT2D eigenvalue weighted by molar-refractivity contribution is 5.74. The zero-order valence-electron chi connectivity index (χ0n) is 9.80. The van der Waals surface area contributed by atoms with Gasteiger partial charge in [0.05, 0.1) is 6.61 Å². The van der Waals surface area contributed by atoms with E-state index in [2.05, 4.69) is 10.6 Å². The van der Waals surface area contributed by atoms with Crippen molar-refractivity contribution in [1.82, 2.24) is 10.6 Å². The van der Waals surface area contributed by atoms with E-state index in [1.54, 1.807) is 7.11 Å². The summed E-state index contributed by atoms with van der Waals surface area (Å²) < 4.78 is 4.81. The van der Waals surface area contributed by atoms with Crippen molar-refractivity contribution in [2.45, 2.75) is 32.2 Å². The number of nitrogens with one attached hydrogen (secondary N) is 2. The summed E-state index contributed by atoms with van der Waals surface area (Å²) in [4.78, 5) is 11.4. The van der Waals surface area contributed by atoms with E-state index in [1.165, 1.54) is 0 Å². The minimum absolute atomic E-state index is 0.0721. The molecule has 2 amide bonds. The average molecular weight is 218 g/mol. The second-order valence-electron chi connectivity index (χ2n) is 3.76. The topological polar surface area (TPSA) is 70.6 Å². The van der Waals surface area contributed by atoms with Crippen LogP contribution in [-0.4, -0.2) is 43.5 Å². The van der Waals surface area contributed by atoms with Gasteiger partial charge in [0.1, 0.15) is 0 Å². The molecule has 5 nitrogen and oxygen atoms in total. The van der Waals surface area contributed by atoms with Crippen LogP contribution in [0.1, 0.15) is 26.7 Å². The first kappa shape index (κ1) is 14.2. The van der Waals surface area contributed by atoms with Crippen molar-refractivity contribution >= 4 is 6.03 Å². The Morgan fingerprint density at radius 3 is 2.67 bits per heavy atom. The monoisotopic (exact) mass is 218 g/mol. The molecule has 90 valence electrons. The third-order valence-electron chi connectivity index (χ3n) is 2.45. The minimum Gasteiger partial charge on any atom is -0.396 e. The molecule has 15 heavy (non-hydrogen) atoms. The van der Waals surface area contributed by atoms with Gasteiger partial charge in [0.2, 0.25) is 0 Å². The van der Waals surface area contributed by atoms with Gasteiger partial charge in [-0.1, -0.05) is 6.92 Å². The largest absolute Gasteiger partial charge is 0.396 e. The maximum Gasteiger partial charge on any atom is 0.315 e. The van der Waals surface area contributed by atoms with Gasteiger partial charge in [-0.25, -0.2) is 4.79 Å². The Morgan fingerprint density at radius 1 is 1.53 bits per heavy atom. The number of carbonyl (C=O) groups is 1. The second-order valence-corrected chi connectivity index (χ2v) is 3.76.